The summed E-state index contributed by atoms with van der Waals surface area (Å²) in [6, 6.07) is 4.75. The predicted octanol–water partition coefficient (Wildman–Crippen LogP) is 2.53. The van der Waals surface area contributed by atoms with Crippen LogP contribution in [0.3, 0.4) is 0 Å². The molecule has 0 aliphatic rings. The molecule has 0 radical (unpaired) electrons. The standard InChI is InChI=1S/C9H7Cl2NO2S/c1-6-2-8(5-12)7(4-10)3-9(6)15(11,13)14/h2-3H,4H2,1H3. The highest BCUT2D eigenvalue weighted by molar-refractivity contribution is 8.13. The summed E-state index contributed by atoms with van der Waals surface area (Å²) in [6.07, 6.45) is 0. The van der Waals surface area contributed by atoms with E-state index in [0.29, 0.717) is 16.7 Å². The summed E-state index contributed by atoms with van der Waals surface area (Å²) < 4.78 is 22.3. The van der Waals surface area contributed by atoms with Crippen molar-refractivity contribution in [2.45, 2.75) is 17.7 Å². The van der Waals surface area contributed by atoms with Crippen molar-refractivity contribution in [2.24, 2.45) is 0 Å². The van der Waals surface area contributed by atoms with Gasteiger partial charge >= 0.3 is 0 Å². The lowest BCUT2D eigenvalue weighted by Crippen LogP contribution is -1.98. The first-order valence-corrected chi connectivity index (χ1v) is 6.78. The summed E-state index contributed by atoms with van der Waals surface area (Å²) in [4.78, 5) is -0.00110. The molecule has 0 N–H and O–H groups in total. The average Bonchev–Trinajstić information content (AvgIpc) is 2.15. The predicted molar refractivity (Wildman–Crippen MR) is 58.5 cm³/mol. The van der Waals surface area contributed by atoms with Crippen molar-refractivity contribution < 1.29 is 8.42 Å². The number of hydrogen-bond donors (Lipinski definition) is 0. The van der Waals surface area contributed by atoms with Crippen molar-refractivity contribution >= 4 is 31.3 Å². The van der Waals surface area contributed by atoms with Crippen LogP contribution in [0.4, 0.5) is 0 Å². The van der Waals surface area contributed by atoms with Gasteiger partial charge in [0.25, 0.3) is 9.05 Å². The monoisotopic (exact) mass is 263 g/mol. The van der Waals surface area contributed by atoms with Gasteiger partial charge in [-0.1, -0.05) is 0 Å². The average molecular weight is 264 g/mol. The molecule has 1 aromatic carbocycles. The summed E-state index contributed by atoms with van der Waals surface area (Å²) in [6.45, 7) is 1.58. The molecular formula is C9H7Cl2NO2S. The largest absolute Gasteiger partial charge is 0.261 e. The first kappa shape index (κ1) is 12.3. The first-order valence-electron chi connectivity index (χ1n) is 3.94. The van der Waals surface area contributed by atoms with Crippen LogP contribution in [0.15, 0.2) is 17.0 Å². The fourth-order valence-electron chi connectivity index (χ4n) is 1.21. The Morgan fingerprint density at radius 3 is 2.47 bits per heavy atom. The smallest absolute Gasteiger partial charge is 0.207 e. The normalized spacial score (nSPS) is 11.1. The molecule has 3 nitrogen and oxygen atoms in total. The molecule has 0 spiro atoms. The Labute approximate surface area is 97.7 Å². The number of aryl methyl sites for hydroxylation is 1. The number of nitriles is 1. The highest BCUT2D eigenvalue weighted by Crippen LogP contribution is 2.24. The Kier molecular flexibility index (Phi) is 3.61. The van der Waals surface area contributed by atoms with E-state index in [1.54, 1.807) is 6.92 Å². The van der Waals surface area contributed by atoms with Crippen molar-refractivity contribution in [2.75, 3.05) is 0 Å². The van der Waals surface area contributed by atoms with Gasteiger partial charge in [-0.2, -0.15) is 5.26 Å². The van der Waals surface area contributed by atoms with Gasteiger partial charge < -0.3 is 0 Å². The van der Waals surface area contributed by atoms with Crippen LogP contribution in [-0.2, 0) is 14.9 Å². The molecule has 0 fully saturated rings. The third-order valence-corrected chi connectivity index (χ3v) is 3.68. The summed E-state index contributed by atoms with van der Waals surface area (Å²) in [5, 5.41) is 8.78. The van der Waals surface area contributed by atoms with Crippen molar-refractivity contribution in [3.8, 4) is 6.07 Å². The van der Waals surface area contributed by atoms with E-state index in [-0.39, 0.29) is 10.8 Å². The zero-order chi connectivity index (χ0) is 11.6. The molecule has 0 heterocycles. The molecule has 0 saturated carbocycles. The van der Waals surface area contributed by atoms with Crippen molar-refractivity contribution in [3.63, 3.8) is 0 Å². The quantitative estimate of drug-likeness (QED) is 0.609. The first-order chi connectivity index (χ1) is 6.90. The molecule has 80 valence electrons. The number of halogens is 2. The SMILES string of the molecule is Cc1cc(C#N)c(CCl)cc1S(=O)(=O)Cl. The minimum absolute atomic E-state index is 0.00110. The maximum absolute atomic E-state index is 11.2. The second-order valence-corrected chi connectivity index (χ2v) is 5.76. The molecule has 0 saturated heterocycles. The minimum atomic E-state index is -3.79. The van der Waals surface area contributed by atoms with Crippen LogP contribution in [-0.4, -0.2) is 8.42 Å². The lowest BCUT2D eigenvalue weighted by molar-refractivity contribution is 0.609. The van der Waals surface area contributed by atoms with Crippen molar-refractivity contribution in [3.05, 3.63) is 28.8 Å². The number of alkyl halides is 1. The third kappa shape index (κ3) is 2.63. The van der Waals surface area contributed by atoms with Gasteiger partial charge in [0.05, 0.1) is 16.5 Å². The Hall–Kier alpha value is -0.760. The van der Waals surface area contributed by atoms with E-state index in [0.717, 1.165) is 0 Å². The zero-order valence-electron chi connectivity index (χ0n) is 7.79. The van der Waals surface area contributed by atoms with Crippen LogP contribution in [0.2, 0.25) is 0 Å². The fourth-order valence-corrected chi connectivity index (χ4v) is 2.65. The van der Waals surface area contributed by atoms with Crippen LogP contribution < -0.4 is 0 Å². The fraction of sp³-hybridized carbons (Fsp3) is 0.222. The summed E-state index contributed by atoms with van der Waals surface area (Å²) in [5.41, 5.74) is 1.27. The summed E-state index contributed by atoms with van der Waals surface area (Å²) in [7, 11) is 1.45. The van der Waals surface area contributed by atoms with E-state index >= 15 is 0 Å². The molecule has 0 aliphatic heterocycles. The molecule has 0 aliphatic carbocycles. The molecule has 0 amide bonds. The number of nitrogens with zero attached hydrogens (tertiary/aromatic N) is 1. The third-order valence-electron chi connectivity index (χ3n) is 1.93. The number of hydrogen-bond acceptors (Lipinski definition) is 3. The highest BCUT2D eigenvalue weighted by Gasteiger charge is 2.16. The molecule has 0 unspecified atom stereocenters. The van der Waals surface area contributed by atoms with Gasteiger partial charge in [0.2, 0.25) is 0 Å². The second kappa shape index (κ2) is 4.40. The Bertz CT molecular complexity index is 532. The van der Waals surface area contributed by atoms with E-state index in [1.807, 2.05) is 6.07 Å². The van der Waals surface area contributed by atoms with Crippen LogP contribution in [0, 0.1) is 18.3 Å². The van der Waals surface area contributed by atoms with Gasteiger partial charge in [0.15, 0.2) is 0 Å². The summed E-state index contributed by atoms with van der Waals surface area (Å²) >= 11 is 5.60. The zero-order valence-corrected chi connectivity index (χ0v) is 10.1. The molecule has 1 rings (SSSR count). The van der Waals surface area contributed by atoms with E-state index in [4.69, 9.17) is 27.5 Å². The number of benzene rings is 1. The molecule has 0 aromatic heterocycles. The van der Waals surface area contributed by atoms with Gasteiger partial charge in [-0.15, -0.1) is 11.6 Å². The lowest BCUT2D eigenvalue weighted by Gasteiger charge is -2.06. The second-order valence-electron chi connectivity index (χ2n) is 2.96. The molecule has 0 atom stereocenters. The van der Waals surface area contributed by atoms with Crippen LogP contribution in [0.5, 0.6) is 0 Å². The molecule has 1 aromatic rings. The maximum atomic E-state index is 11.2. The maximum Gasteiger partial charge on any atom is 0.261 e. The van der Waals surface area contributed by atoms with E-state index in [1.165, 1.54) is 12.1 Å². The topological polar surface area (TPSA) is 57.9 Å². The van der Waals surface area contributed by atoms with E-state index < -0.39 is 9.05 Å². The van der Waals surface area contributed by atoms with Gasteiger partial charge in [0, 0.05) is 16.6 Å². The van der Waals surface area contributed by atoms with E-state index in [9.17, 15) is 8.42 Å². The molecular weight excluding hydrogens is 257 g/mol. The van der Waals surface area contributed by atoms with Gasteiger partial charge in [-0.25, -0.2) is 8.42 Å². The number of rotatable bonds is 2. The molecule has 6 heteroatoms. The van der Waals surface area contributed by atoms with Crippen LogP contribution in [0.1, 0.15) is 16.7 Å². The van der Waals surface area contributed by atoms with Crippen LogP contribution >= 0.6 is 22.3 Å². The summed E-state index contributed by atoms with van der Waals surface area (Å²) in [5.74, 6) is 0.0720. The molecule has 0 bridgehead atoms. The lowest BCUT2D eigenvalue weighted by atomic mass is 10.1. The Morgan fingerprint density at radius 2 is 2.07 bits per heavy atom. The van der Waals surface area contributed by atoms with Crippen molar-refractivity contribution in [1.82, 2.24) is 0 Å². The molecule has 15 heavy (non-hydrogen) atoms. The van der Waals surface area contributed by atoms with E-state index in [2.05, 4.69) is 0 Å². The van der Waals surface area contributed by atoms with Gasteiger partial charge in [-0.05, 0) is 30.2 Å². The van der Waals surface area contributed by atoms with Gasteiger partial charge in [0.1, 0.15) is 0 Å². The van der Waals surface area contributed by atoms with Crippen molar-refractivity contribution in [1.29, 1.82) is 5.26 Å². The Morgan fingerprint density at radius 1 is 1.47 bits per heavy atom. The van der Waals surface area contributed by atoms with Gasteiger partial charge in [-0.3, -0.25) is 0 Å². The van der Waals surface area contributed by atoms with Crippen LogP contribution in [0.25, 0.3) is 0 Å². The minimum Gasteiger partial charge on any atom is -0.207 e. The highest BCUT2D eigenvalue weighted by atomic mass is 35.7. The Balaban J connectivity index is 3.55.